The van der Waals surface area contributed by atoms with Gasteiger partial charge in [-0.15, -0.1) is 0 Å². The summed E-state index contributed by atoms with van der Waals surface area (Å²) >= 11 is 0. The summed E-state index contributed by atoms with van der Waals surface area (Å²) in [4.78, 5) is 4.52. The Morgan fingerprint density at radius 2 is 2.19 bits per heavy atom. The normalized spacial score (nSPS) is 27.2. The molecular weight excluding hydrogens is 268 g/mol. The van der Waals surface area contributed by atoms with Crippen molar-refractivity contribution in [2.24, 2.45) is 11.8 Å². The highest BCUT2D eigenvalue weighted by Gasteiger charge is 2.42. The van der Waals surface area contributed by atoms with Crippen LogP contribution in [0.1, 0.15) is 37.4 Å². The van der Waals surface area contributed by atoms with E-state index >= 15 is 0 Å². The molecule has 1 N–H and O–H groups in total. The van der Waals surface area contributed by atoms with Crippen LogP contribution in [0.2, 0.25) is 0 Å². The van der Waals surface area contributed by atoms with Crippen LogP contribution in [0.25, 0.3) is 11.5 Å². The van der Waals surface area contributed by atoms with Crippen LogP contribution in [0.15, 0.2) is 22.7 Å². The third-order valence-corrected chi connectivity index (χ3v) is 4.95. The van der Waals surface area contributed by atoms with Gasteiger partial charge in [0.2, 0.25) is 0 Å². The summed E-state index contributed by atoms with van der Waals surface area (Å²) in [6, 6.07) is 5.00. The number of ether oxygens (including phenoxy) is 1. The zero-order valence-electron chi connectivity index (χ0n) is 12.0. The Labute approximate surface area is 122 Å². The quantitative estimate of drug-likeness (QED) is 0.937. The lowest BCUT2D eigenvalue weighted by Gasteiger charge is -2.17. The lowest BCUT2D eigenvalue weighted by atomic mass is 9.88. The Kier molecular flexibility index (Phi) is 2.87. The summed E-state index contributed by atoms with van der Waals surface area (Å²) in [5, 5.41) is 14.1. The Balaban J connectivity index is 1.65. The molecule has 0 saturated heterocycles. The molecule has 3 unspecified atom stereocenters. The molecule has 1 aromatic heterocycles. The third-order valence-electron chi connectivity index (χ3n) is 4.95. The first-order valence-electron chi connectivity index (χ1n) is 7.45. The smallest absolute Gasteiger partial charge is 0.261 e. The molecule has 5 heteroatoms. The molecule has 1 aromatic carbocycles. The number of aromatic nitrogens is 2. The maximum atomic E-state index is 9.98. The van der Waals surface area contributed by atoms with Crippen LogP contribution in [-0.4, -0.2) is 22.4 Å². The number of benzene rings is 1. The van der Waals surface area contributed by atoms with E-state index in [0.717, 1.165) is 11.7 Å². The Bertz CT molecular complexity index is 667. The summed E-state index contributed by atoms with van der Waals surface area (Å²) in [5.41, 5.74) is 0.524. The van der Waals surface area contributed by atoms with Crippen LogP contribution >= 0.6 is 0 Å². The second-order valence-electron chi connectivity index (χ2n) is 6.12. The highest BCUT2D eigenvalue weighted by molar-refractivity contribution is 5.64. The first-order valence-corrected chi connectivity index (χ1v) is 7.45. The van der Waals surface area contributed by atoms with Crippen LogP contribution in [0, 0.1) is 11.8 Å². The maximum absolute atomic E-state index is 9.98. The molecule has 2 bridgehead atoms. The predicted octanol–water partition coefficient (Wildman–Crippen LogP) is 3.35. The molecule has 0 amide bonds. The van der Waals surface area contributed by atoms with E-state index in [1.807, 2.05) is 0 Å². The number of phenolic OH excluding ortho intramolecular Hbond substituents is 1. The molecule has 21 heavy (non-hydrogen) atoms. The van der Waals surface area contributed by atoms with Crippen molar-refractivity contribution >= 4 is 0 Å². The Morgan fingerprint density at radius 1 is 1.29 bits per heavy atom. The zero-order valence-corrected chi connectivity index (χ0v) is 12.0. The largest absolute Gasteiger partial charge is 0.507 e. The number of methoxy groups -OCH3 is 1. The molecule has 110 valence electrons. The first kappa shape index (κ1) is 12.7. The monoisotopic (exact) mass is 286 g/mol. The number of phenols is 1. The lowest BCUT2D eigenvalue weighted by molar-refractivity contribution is 0.371. The van der Waals surface area contributed by atoms with Crippen LogP contribution in [0.5, 0.6) is 11.5 Å². The number of aromatic hydroxyl groups is 1. The number of hydrogen-bond acceptors (Lipinski definition) is 5. The van der Waals surface area contributed by atoms with Gasteiger partial charge in [0.1, 0.15) is 11.5 Å². The van der Waals surface area contributed by atoms with Crippen LogP contribution in [0.3, 0.4) is 0 Å². The van der Waals surface area contributed by atoms with Crippen molar-refractivity contribution in [3.05, 3.63) is 24.0 Å². The molecular formula is C16H18N2O3. The van der Waals surface area contributed by atoms with Gasteiger partial charge in [-0.25, -0.2) is 0 Å². The second-order valence-corrected chi connectivity index (χ2v) is 6.12. The average molecular weight is 286 g/mol. The van der Waals surface area contributed by atoms with E-state index < -0.39 is 0 Å². The van der Waals surface area contributed by atoms with Gasteiger partial charge in [-0.3, -0.25) is 0 Å². The highest BCUT2D eigenvalue weighted by Crippen LogP contribution is 2.52. The van der Waals surface area contributed by atoms with Crippen molar-refractivity contribution < 1.29 is 14.4 Å². The van der Waals surface area contributed by atoms with Gasteiger partial charge in [-0.1, -0.05) is 11.6 Å². The molecule has 0 radical (unpaired) electrons. The van der Waals surface area contributed by atoms with Gasteiger partial charge in [-0.05, 0) is 49.3 Å². The molecule has 2 aliphatic carbocycles. The van der Waals surface area contributed by atoms with Gasteiger partial charge in [0, 0.05) is 5.92 Å². The highest BCUT2D eigenvalue weighted by atomic mass is 16.5. The van der Waals surface area contributed by atoms with Gasteiger partial charge in [0.15, 0.2) is 5.82 Å². The van der Waals surface area contributed by atoms with Crippen molar-refractivity contribution in [2.45, 2.75) is 31.6 Å². The average Bonchev–Trinajstić information content (AvgIpc) is 3.23. The third kappa shape index (κ3) is 2.07. The minimum Gasteiger partial charge on any atom is -0.507 e. The minimum atomic E-state index is 0.124. The van der Waals surface area contributed by atoms with Gasteiger partial charge < -0.3 is 14.4 Å². The molecule has 2 aromatic rings. The standard InChI is InChI=1S/C16H18N2O3/c1-20-11-4-5-14(19)13(8-11)16-17-15(18-21-16)12-7-9-2-3-10(12)6-9/h4-5,8-10,12,19H,2-3,6-7H2,1H3. The summed E-state index contributed by atoms with van der Waals surface area (Å²) < 4.78 is 10.6. The molecule has 1 heterocycles. The van der Waals surface area contributed by atoms with E-state index in [0.29, 0.717) is 29.0 Å². The van der Waals surface area contributed by atoms with Crippen molar-refractivity contribution in [1.82, 2.24) is 10.1 Å². The molecule has 4 rings (SSSR count). The summed E-state index contributed by atoms with van der Waals surface area (Å²) in [6.45, 7) is 0. The predicted molar refractivity (Wildman–Crippen MR) is 76.1 cm³/mol. The van der Waals surface area contributed by atoms with Crippen molar-refractivity contribution in [3.63, 3.8) is 0 Å². The van der Waals surface area contributed by atoms with Crippen molar-refractivity contribution in [3.8, 4) is 23.0 Å². The van der Waals surface area contributed by atoms with Crippen molar-refractivity contribution in [1.29, 1.82) is 0 Å². The molecule has 2 fully saturated rings. The van der Waals surface area contributed by atoms with Crippen molar-refractivity contribution in [2.75, 3.05) is 7.11 Å². The molecule has 0 aliphatic heterocycles. The maximum Gasteiger partial charge on any atom is 0.261 e. The van der Waals surface area contributed by atoms with E-state index in [1.165, 1.54) is 25.7 Å². The fraction of sp³-hybridized carbons (Fsp3) is 0.500. The fourth-order valence-electron chi connectivity index (χ4n) is 3.87. The number of nitrogens with zero attached hydrogens (tertiary/aromatic N) is 2. The molecule has 3 atom stereocenters. The number of rotatable bonds is 3. The van der Waals surface area contributed by atoms with E-state index in [4.69, 9.17) is 9.26 Å². The molecule has 0 spiro atoms. The molecule has 2 saturated carbocycles. The van der Waals surface area contributed by atoms with Gasteiger partial charge in [-0.2, -0.15) is 4.98 Å². The topological polar surface area (TPSA) is 68.4 Å². The molecule has 5 nitrogen and oxygen atoms in total. The van der Waals surface area contributed by atoms with E-state index in [-0.39, 0.29) is 5.75 Å². The van der Waals surface area contributed by atoms with Gasteiger partial charge >= 0.3 is 0 Å². The Morgan fingerprint density at radius 3 is 2.90 bits per heavy atom. The van der Waals surface area contributed by atoms with E-state index in [9.17, 15) is 5.11 Å². The minimum absolute atomic E-state index is 0.124. The first-order chi connectivity index (χ1) is 10.2. The second kappa shape index (κ2) is 4.76. The lowest BCUT2D eigenvalue weighted by Crippen LogP contribution is -2.09. The summed E-state index contributed by atoms with van der Waals surface area (Å²) in [6.07, 6.45) is 5.11. The molecule has 2 aliphatic rings. The van der Waals surface area contributed by atoms with E-state index in [2.05, 4.69) is 10.1 Å². The van der Waals surface area contributed by atoms with Gasteiger partial charge in [0.25, 0.3) is 5.89 Å². The SMILES string of the molecule is COc1ccc(O)c(-c2nc(C3CC4CCC3C4)no2)c1. The van der Waals surface area contributed by atoms with Crippen LogP contribution in [-0.2, 0) is 0 Å². The fourth-order valence-corrected chi connectivity index (χ4v) is 3.87. The van der Waals surface area contributed by atoms with Crippen LogP contribution in [0.4, 0.5) is 0 Å². The zero-order chi connectivity index (χ0) is 14.4. The Hall–Kier alpha value is -2.04. The summed E-state index contributed by atoms with van der Waals surface area (Å²) in [7, 11) is 1.59. The number of fused-ring (bicyclic) bond motifs is 2. The van der Waals surface area contributed by atoms with Crippen LogP contribution < -0.4 is 4.74 Å². The van der Waals surface area contributed by atoms with E-state index in [1.54, 1.807) is 25.3 Å². The van der Waals surface area contributed by atoms with Gasteiger partial charge in [0.05, 0.1) is 12.7 Å². The number of hydrogen-bond donors (Lipinski definition) is 1. The summed E-state index contributed by atoms with van der Waals surface area (Å²) in [5.74, 6) is 3.91.